The lowest BCUT2D eigenvalue weighted by Crippen LogP contribution is -2.23. The number of nitrogens with zero attached hydrogens (tertiary/aromatic N) is 1. The molecule has 0 saturated carbocycles. The van der Waals surface area contributed by atoms with E-state index in [0.717, 1.165) is 29.2 Å². The quantitative estimate of drug-likeness (QED) is 0.848. The number of carbonyl (C=O) groups is 1. The molecule has 122 valence electrons. The largest absolute Gasteiger partial charge is 0.454 e. The molecule has 7 heteroatoms. The van der Waals surface area contributed by atoms with Crippen molar-refractivity contribution in [2.24, 2.45) is 5.73 Å². The third kappa shape index (κ3) is 3.62. The standard InChI is InChI=1S/C16H19N3O3S/c1-2-3-11(17)16-19-12(8-23-16)15(20)18-7-10-4-5-13-14(6-10)22-9-21-13/h4-6,8,11H,2-3,7,9,17H2,1H3,(H,18,20). The van der Waals surface area contributed by atoms with Crippen LogP contribution in [0, 0.1) is 0 Å². The predicted molar refractivity (Wildman–Crippen MR) is 87.7 cm³/mol. The van der Waals surface area contributed by atoms with E-state index in [2.05, 4.69) is 17.2 Å². The fraction of sp³-hybridized carbons (Fsp3) is 0.375. The van der Waals surface area contributed by atoms with Gasteiger partial charge < -0.3 is 20.5 Å². The minimum absolute atomic E-state index is 0.0968. The summed E-state index contributed by atoms with van der Waals surface area (Å²) in [6, 6.07) is 5.51. The number of amides is 1. The Hall–Kier alpha value is -2.12. The average Bonchev–Trinajstić information content (AvgIpc) is 3.21. The van der Waals surface area contributed by atoms with E-state index in [0.29, 0.717) is 18.0 Å². The van der Waals surface area contributed by atoms with Crippen LogP contribution in [-0.2, 0) is 6.54 Å². The topological polar surface area (TPSA) is 86.5 Å². The number of benzene rings is 1. The van der Waals surface area contributed by atoms with Crippen molar-refractivity contribution in [3.63, 3.8) is 0 Å². The number of rotatable bonds is 6. The Morgan fingerprint density at radius 2 is 2.26 bits per heavy atom. The van der Waals surface area contributed by atoms with Crippen LogP contribution < -0.4 is 20.5 Å². The summed E-state index contributed by atoms with van der Waals surface area (Å²) in [5.74, 6) is 1.24. The monoisotopic (exact) mass is 333 g/mol. The highest BCUT2D eigenvalue weighted by molar-refractivity contribution is 7.09. The number of hydrogen-bond donors (Lipinski definition) is 2. The number of fused-ring (bicyclic) bond motifs is 1. The first-order valence-electron chi connectivity index (χ1n) is 7.55. The van der Waals surface area contributed by atoms with E-state index >= 15 is 0 Å². The Bertz CT molecular complexity index is 702. The molecule has 1 unspecified atom stereocenters. The molecule has 1 atom stereocenters. The van der Waals surface area contributed by atoms with Crippen molar-refractivity contribution in [3.8, 4) is 11.5 Å². The molecule has 1 aromatic heterocycles. The van der Waals surface area contributed by atoms with Crippen LogP contribution in [0.4, 0.5) is 0 Å². The number of nitrogens with two attached hydrogens (primary N) is 1. The van der Waals surface area contributed by atoms with Gasteiger partial charge in [0.25, 0.3) is 5.91 Å². The van der Waals surface area contributed by atoms with E-state index in [1.807, 2.05) is 18.2 Å². The van der Waals surface area contributed by atoms with Gasteiger partial charge in [-0.1, -0.05) is 19.4 Å². The van der Waals surface area contributed by atoms with Crippen LogP contribution in [0.5, 0.6) is 11.5 Å². The fourth-order valence-electron chi connectivity index (χ4n) is 2.32. The van der Waals surface area contributed by atoms with Crippen molar-refractivity contribution < 1.29 is 14.3 Å². The molecule has 1 aliphatic heterocycles. The third-order valence-electron chi connectivity index (χ3n) is 3.56. The molecule has 23 heavy (non-hydrogen) atoms. The molecule has 0 spiro atoms. The van der Waals surface area contributed by atoms with Crippen LogP contribution >= 0.6 is 11.3 Å². The zero-order valence-electron chi connectivity index (χ0n) is 12.9. The van der Waals surface area contributed by atoms with Crippen molar-refractivity contribution in [1.82, 2.24) is 10.3 Å². The van der Waals surface area contributed by atoms with Gasteiger partial charge in [-0.2, -0.15) is 0 Å². The van der Waals surface area contributed by atoms with Gasteiger partial charge in [0.05, 0.1) is 6.04 Å². The number of hydrogen-bond acceptors (Lipinski definition) is 6. The second-order valence-corrected chi connectivity index (χ2v) is 6.23. The van der Waals surface area contributed by atoms with E-state index in [-0.39, 0.29) is 18.7 Å². The summed E-state index contributed by atoms with van der Waals surface area (Å²) in [6.45, 7) is 2.72. The van der Waals surface area contributed by atoms with Gasteiger partial charge >= 0.3 is 0 Å². The molecule has 0 bridgehead atoms. The van der Waals surface area contributed by atoms with Gasteiger partial charge in [-0.05, 0) is 24.1 Å². The minimum Gasteiger partial charge on any atom is -0.454 e. The molecule has 3 rings (SSSR count). The molecule has 0 saturated heterocycles. The number of aromatic nitrogens is 1. The molecule has 6 nitrogen and oxygen atoms in total. The van der Waals surface area contributed by atoms with Crippen LogP contribution in [0.15, 0.2) is 23.6 Å². The van der Waals surface area contributed by atoms with E-state index in [9.17, 15) is 4.79 Å². The summed E-state index contributed by atoms with van der Waals surface area (Å²) < 4.78 is 10.6. The maximum absolute atomic E-state index is 12.2. The first kappa shape index (κ1) is 15.8. The summed E-state index contributed by atoms with van der Waals surface area (Å²) >= 11 is 1.43. The van der Waals surface area contributed by atoms with Crippen LogP contribution in [0.2, 0.25) is 0 Å². The first-order chi connectivity index (χ1) is 11.2. The molecular formula is C16H19N3O3S. The lowest BCUT2D eigenvalue weighted by Gasteiger charge is -2.06. The predicted octanol–water partition coefficient (Wildman–Crippen LogP) is 2.60. The van der Waals surface area contributed by atoms with Gasteiger partial charge in [-0.15, -0.1) is 11.3 Å². The van der Waals surface area contributed by atoms with Crippen molar-refractivity contribution in [2.75, 3.05) is 6.79 Å². The van der Waals surface area contributed by atoms with Crippen molar-refractivity contribution in [3.05, 3.63) is 39.8 Å². The molecule has 0 aliphatic carbocycles. The molecular weight excluding hydrogens is 314 g/mol. The second-order valence-electron chi connectivity index (χ2n) is 5.34. The third-order valence-corrected chi connectivity index (χ3v) is 4.54. The smallest absolute Gasteiger partial charge is 0.271 e. The minimum atomic E-state index is -0.200. The van der Waals surface area contributed by atoms with Crippen molar-refractivity contribution >= 4 is 17.2 Å². The van der Waals surface area contributed by atoms with E-state index in [4.69, 9.17) is 15.2 Å². The van der Waals surface area contributed by atoms with Gasteiger partial charge in [0.15, 0.2) is 11.5 Å². The average molecular weight is 333 g/mol. The maximum atomic E-state index is 12.2. The lowest BCUT2D eigenvalue weighted by molar-refractivity contribution is 0.0946. The molecule has 1 amide bonds. The van der Waals surface area contributed by atoms with Gasteiger partial charge in [0, 0.05) is 11.9 Å². The first-order valence-corrected chi connectivity index (χ1v) is 8.43. The summed E-state index contributed by atoms with van der Waals surface area (Å²) in [5.41, 5.74) is 7.39. The van der Waals surface area contributed by atoms with E-state index in [1.165, 1.54) is 11.3 Å². The van der Waals surface area contributed by atoms with Crippen LogP contribution in [-0.4, -0.2) is 17.7 Å². The van der Waals surface area contributed by atoms with E-state index in [1.54, 1.807) is 5.38 Å². The number of thiazole rings is 1. The van der Waals surface area contributed by atoms with Gasteiger partial charge in [-0.25, -0.2) is 4.98 Å². The number of carbonyl (C=O) groups excluding carboxylic acids is 1. The molecule has 1 aromatic carbocycles. The SMILES string of the molecule is CCCC(N)c1nc(C(=O)NCc2ccc3c(c2)OCO3)cs1. The Balaban J connectivity index is 1.59. The Morgan fingerprint density at radius 1 is 1.43 bits per heavy atom. The van der Waals surface area contributed by atoms with Gasteiger partial charge in [-0.3, -0.25) is 4.79 Å². The summed E-state index contributed by atoms with van der Waals surface area (Å²) in [7, 11) is 0. The van der Waals surface area contributed by atoms with Crippen LogP contribution in [0.1, 0.15) is 46.9 Å². The summed E-state index contributed by atoms with van der Waals surface area (Å²) in [4.78, 5) is 16.5. The molecule has 0 radical (unpaired) electrons. The molecule has 2 aromatic rings. The fourth-order valence-corrected chi connectivity index (χ4v) is 3.16. The Kier molecular flexibility index (Phi) is 4.78. The maximum Gasteiger partial charge on any atom is 0.271 e. The highest BCUT2D eigenvalue weighted by Crippen LogP contribution is 2.32. The van der Waals surface area contributed by atoms with Crippen molar-refractivity contribution in [2.45, 2.75) is 32.4 Å². The number of ether oxygens (including phenoxy) is 2. The highest BCUT2D eigenvalue weighted by atomic mass is 32.1. The van der Waals surface area contributed by atoms with Gasteiger partial charge in [0.2, 0.25) is 6.79 Å². The van der Waals surface area contributed by atoms with Crippen LogP contribution in [0.25, 0.3) is 0 Å². The summed E-state index contributed by atoms with van der Waals surface area (Å²) in [5, 5.41) is 5.41. The lowest BCUT2D eigenvalue weighted by atomic mass is 10.2. The van der Waals surface area contributed by atoms with E-state index < -0.39 is 0 Å². The molecule has 3 N–H and O–H groups in total. The van der Waals surface area contributed by atoms with Gasteiger partial charge in [0.1, 0.15) is 10.7 Å². The second kappa shape index (κ2) is 6.97. The molecule has 0 fully saturated rings. The molecule has 1 aliphatic rings. The number of nitrogens with one attached hydrogen (secondary N) is 1. The van der Waals surface area contributed by atoms with Crippen molar-refractivity contribution in [1.29, 1.82) is 0 Å². The Morgan fingerprint density at radius 3 is 3.09 bits per heavy atom. The van der Waals surface area contributed by atoms with Crippen LogP contribution in [0.3, 0.4) is 0 Å². The highest BCUT2D eigenvalue weighted by Gasteiger charge is 2.16. The Labute approximate surface area is 138 Å². The molecule has 2 heterocycles. The zero-order chi connectivity index (χ0) is 16.2. The summed E-state index contributed by atoms with van der Waals surface area (Å²) in [6.07, 6.45) is 1.86. The normalized spacial score (nSPS) is 13.8. The zero-order valence-corrected chi connectivity index (χ0v) is 13.7.